The Morgan fingerprint density at radius 1 is 1.67 bits per heavy atom. The number of primary amides is 1. The number of rotatable bonds is 2. The van der Waals surface area contributed by atoms with Crippen LogP contribution in [0.15, 0.2) is 24.4 Å². The van der Waals surface area contributed by atoms with Gasteiger partial charge in [0.25, 0.3) is 0 Å². The lowest BCUT2D eigenvalue weighted by Gasteiger charge is -2.09. The second-order valence-electron chi connectivity index (χ2n) is 2.33. The van der Waals surface area contributed by atoms with Gasteiger partial charge in [-0.05, 0) is 19.1 Å². The Hall–Kier alpha value is -1.58. The van der Waals surface area contributed by atoms with Gasteiger partial charge in [-0.15, -0.1) is 0 Å². The summed E-state index contributed by atoms with van der Waals surface area (Å²) in [5.41, 5.74) is 5.53. The smallest absolute Gasteiger partial charge is 0.405 e. The third-order valence-electron chi connectivity index (χ3n) is 1.40. The summed E-state index contributed by atoms with van der Waals surface area (Å²) in [4.78, 5) is 14.4. The molecular weight excluding hydrogens is 156 g/mol. The summed E-state index contributed by atoms with van der Waals surface area (Å²) in [7, 11) is 0. The van der Waals surface area contributed by atoms with E-state index in [-0.39, 0.29) is 6.10 Å². The zero-order valence-corrected chi connectivity index (χ0v) is 6.73. The van der Waals surface area contributed by atoms with E-state index in [0.29, 0.717) is 5.69 Å². The van der Waals surface area contributed by atoms with Crippen LogP contribution < -0.4 is 5.73 Å². The number of amides is 1. The van der Waals surface area contributed by atoms with Gasteiger partial charge in [-0.2, -0.15) is 0 Å². The molecule has 4 heteroatoms. The molecule has 0 aliphatic rings. The normalized spacial score (nSPS) is 12.1. The van der Waals surface area contributed by atoms with Gasteiger partial charge in [-0.1, -0.05) is 6.07 Å². The van der Waals surface area contributed by atoms with E-state index >= 15 is 0 Å². The van der Waals surface area contributed by atoms with E-state index in [0.717, 1.165) is 0 Å². The topological polar surface area (TPSA) is 65.2 Å². The lowest BCUT2D eigenvalue weighted by molar-refractivity contribution is 0.114. The molecule has 1 heterocycles. The minimum Gasteiger partial charge on any atom is -0.440 e. The molecule has 0 fully saturated rings. The van der Waals surface area contributed by atoms with Gasteiger partial charge in [0.2, 0.25) is 0 Å². The van der Waals surface area contributed by atoms with Gasteiger partial charge in [0.15, 0.2) is 0 Å². The molecule has 0 aliphatic heterocycles. The first-order valence-electron chi connectivity index (χ1n) is 3.57. The van der Waals surface area contributed by atoms with Crippen LogP contribution in [0.25, 0.3) is 0 Å². The fraction of sp³-hybridized carbons (Fsp3) is 0.250. The number of ether oxygens (including phenoxy) is 1. The summed E-state index contributed by atoms with van der Waals surface area (Å²) in [6.07, 6.45) is 0.466. The fourth-order valence-corrected chi connectivity index (χ4v) is 0.851. The number of carbonyl (C=O) groups is 1. The first-order chi connectivity index (χ1) is 5.70. The van der Waals surface area contributed by atoms with Gasteiger partial charge >= 0.3 is 6.09 Å². The highest BCUT2D eigenvalue weighted by Crippen LogP contribution is 2.12. The average molecular weight is 166 g/mol. The third-order valence-corrected chi connectivity index (χ3v) is 1.40. The van der Waals surface area contributed by atoms with Gasteiger partial charge < -0.3 is 10.5 Å². The second kappa shape index (κ2) is 3.71. The van der Waals surface area contributed by atoms with Crippen molar-refractivity contribution >= 4 is 6.09 Å². The van der Waals surface area contributed by atoms with E-state index in [9.17, 15) is 4.79 Å². The maximum atomic E-state index is 10.4. The molecule has 1 unspecified atom stereocenters. The molecule has 0 aromatic carbocycles. The van der Waals surface area contributed by atoms with Crippen LogP contribution >= 0.6 is 0 Å². The number of nitrogens with two attached hydrogens (primary N) is 1. The Bertz CT molecular complexity index is 261. The third kappa shape index (κ3) is 2.23. The quantitative estimate of drug-likeness (QED) is 0.718. The number of aromatic nitrogens is 1. The van der Waals surface area contributed by atoms with Crippen molar-refractivity contribution in [1.82, 2.24) is 4.98 Å². The molecule has 1 aromatic heterocycles. The maximum Gasteiger partial charge on any atom is 0.405 e. The van der Waals surface area contributed by atoms with E-state index in [1.807, 2.05) is 6.07 Å². The predicted octanol–water partition coefficient (Wildman–Crippen LogP) is 1.24. The molecule has 0 saturated carbocycles. The van der Waals surface area contributed by atoms with Crippen molar-refractivity contribution in [2.24, 2.45) is 5.73 Å². The molecule has 2 N–H and O–H groups in total. The maximum absolute atomic E-state index is 10.4. The van der Waals surface area contributed by atoms with Crippen LogP contribution in [0.5, 0.6) is 0 Å². The number of hydrogen-bond donors (Lipinski definition) is 1. The zero-order valence-electron chi connectivity index (χ0n) is 6.73. The van der Waals surface area contributed by atoms with E-state index in [1.165, 1.54) is 0 Å². The molecule has 1 amide bonds. The molecule has 64 valence electrons. The summed E-state index contributed by atoms with van der Waals surface area (Å²) in [5, 5.41) is 0. The molecule has 12 heavy (non-hydrogen) atoms. The lowest BCUT2D eigenvalue weighted by atomic mass is 10.2. The van der Waals surface area contributed by atoms with Crippen LogP contribution in [0.2, 0.25) is 0 Å². The number of hydrogen-bond acceptors (Lipinski definition) is 3. The summed E-state index contributed by atoms with van der Waals surface area (Å²) >= 11 is 0. The van der Waals surface area contributed by atoms with Crippen LogP contribution in [0.4, 0.5) is 4.79 Å². The van der Waals surface area contributed by atoms with Crippen LogP contribution in [0.1, 0.15) is 18.7 Å². The zero-order chi connectivity index (χ0) is 8.97. The monoisotopic (exact) mass is 166 g/mol. The molecule has 0 radical (unpaired) electrons. The van der Waals surface area contributed by atoms with E-state index in [2.05, 4.69) is 4.98 Å². The molecule has 0 bridgehead atoms. The van der Waals surface area contributed by atoms with Crippen molar-refractivity contribution in [1.29, 1.82) is 0 Å². The van der Waals surface area contributed by atoms with E-state index in [1.54, 1.807) is 25.3 Å². The largest absolute Gasteiger partial charge is 0.440 e. The number of nitrogens with zero attached hydrogens (tertiary/aromatic N) is 1. The molecule has 1 rings (SSSR count). The Morgan fingerprint density at radius 2 is 2.42 bits per heavy atom. The fourth-order valence-electron chi connectivity index (χ4n) is 0.851. The summed E-state index contributed by atoms with van der Waals surface area (Å²) in [5.74, 6) is 0. The van der Waals surface area contributed by atoms with Crippen LogP contribution in [0.3, 0.4) is 0 Å². The first-order valence-corrected chi connectivity index (χ1v) is 3.57. The Morgan fingerprint density at radius 3 is 2.92 bits per heavy atom. The number of pyridine rings is 1. The highest BCUT2D eigenvalue weighted by Gasteiger charge is 2.08. The highest BCUT2D eigenvalue weighted by molar-refractivity contribution is 5.64. The van der Waals surface area contributed by atoms with Crippen molar-refractivity contribution in [3.63, 3.8) is 0 Å². The van der Waals surface area contributed by atoms with E-state index < -0.39 is 6.09 Å². The SMILES string of the molecule is CC(OC(N)=O)c1ccccn1. The Balaban J connectivity index is 2.65. The molecule has 0 spiro atoms. The van der Waals surface area contributed by atoms with Crippen molar-refractivity contribution in [2.75, 3.05) is 0 Å². The van der Waals surface area contributed by atoms with Crippen molar-refractivity contribution in [2.45, 2.75) is 13.0 Å². The van der Waals surface area contributed by atoms with Gasteiger partial charge in [0.1, 0.15) is 6.10 Å². The molecule has 0 aliphatic carbocycles. The van der Waals surface area contributed by atoms with Gasteiger partial charge in [-0.25, -0.2) is 4.79 Å². The van der Waals surface area contributed by atoms with E-state index in [4.69, 9.17) is 10.5 Å². The van der Waals surface area contributed by atoms with Gasteiger partial charge in [0.05, 0.1) is 5.69 Å². The van der Waals surface area contributed by atoms with Crippen molar-refractivity contribution in [3.05, 3.63) is 30.1 Å². The minimum absolute atomic E-state index is 0.385. The highest BCUT2D eigenvalue weighted by atomic mass is 16.6. The van der Waals surface area contributed by atoms with Crippen molar-refractivity contribution in [3.8, 4) is 0 Å². The summed E-state index contributed by atoms with van der Waals surface area (Å²) in [6, 6.07) is 5.39. The Labute approximate surface area is 70.4 Å². The summed E-state index contributed by atoms with van der Waals surface area (Å²) < 4.78 is 4.71. The van der Waals surface area contributed by atoms with Crippen LogP contribution in [0, 0.1) is 0 Å². The number of carbonyl (C=O) groups excluding carboxylic acids is 1. The van der Waals surface area contributed by atoms with Crippen LogP contribution in [-0.4, -0.2) is 11.1 Å². The summed E-state index contributed by atoms with van der Waals surface area (Å²) in [6.45, 7) is 1.72. The standard InChI is InChI=1S/C8H10N2O2/c1-6(12-8(9)11)7-4-2-3-5-10-7/h2-6H,1H3,(H2,9,11). The average Bonchev–Trinajstić information content (AvgIpc) is 2.05. The lowest BCUT2D eigenvalue weighted by Crippen LogP contribution is -2.16. The molecule has 1 aromatic rings. The minimum atomic E-state index is -0.784. The van der Waals surface area contributed by atoms with Gasteiger partial charge in [-0.3, -0.25) is 4.98 Å². The predicted molar refractivity (Wildman–Crippen MR) is 43.3 cm³/mol. The Kier molecular flexibility index (Phi) is 2.63. The molecule has 0 saturated heterocycles. The molecular formula is C8H10N2O2. The molecule has 1 atom stereocenters. The van der Waals surface area contributed by atoms with Crippen LogP contribution in [-0.2, 0) is 4.74 Å². The molecule has 4 nitrogen and oxygen atoms in total. The van der Waals surface area contributed by atoms with Crippen molar-refractivity contribution < 1.29 is 9.53 Å². The van der Waals surface area contributed by atoms with Gasteiger partial charge in [0, 0.05) is 6.20 Å². The first kappa shape index (κ1) is 8.52. The second-order valence-corrected chi connectivity index (χ2v) is 2.33.